The zero-order valence-corrected chi connectivity index (χ0v) is 18.4. The number of hydrogen-bond donors (Lipinski definition) is 1. The molecule has 1 N–H and O–H groups in total. The molecule has 0 radical (unpaired) electrons. The van der Waals surface area contributed by atoms with E-state index < -0.39 is 47.6 Å². The van der Waals surface area contributed by atoms with Crippen molar-refractivity contribution >= 4 is 23.2 Å². The van der Waals surface area contributed by atoms with Crippen LogP contribution in [0.1, 0.15) is 30.1 Å². The Morgan fingerprint density at radius 3 is 2.50 bits per heavy atom. The lowest BCUT2D eigenvalue weighted by molar-refractivity contribution is -0.141. The van der Waals surface area contributed by atoms with Crippen molar-refractivity contribution < 1.29 is 27.1 Å². The van der Waals surface area contributed by atoms with E-state index >= 15 is 0 Å². The summed E-state index contributed by atoms with van der Waals surface area (Å²) in [4.78, 5) is 17.0. The van der Waals surface area contributed by atoms with Gasteiger partial charge in [-0.25, -0.2) is 9.37 Å². The first-order valence-electron chi connectivity index (χ1n) is 10.8. The van der Waals surface area contributed by atoms with Crippen molar-refractivity contribution in [2.24, 2.45) is 5.92 Å². The molecule has 176 valence electrons. The van der Waals surface area contributed by atoms with Gasteiger partial charge in [0.1, 0.15) is 11.5 Å². The van der Waals surface area contributed by atoms with E-state index in [0.29, 0.717) is 23.4 Å². The predicted molar refractivity (Wildman–Crippen MR) is 119 cm³/mol. The van der Waals surface area contributed by atoms with E-state index in [-0.39, 0.29) is 16.9 Å². The Morgan fingerprint density at radius 2 is 1.76 bits per heavy atom. The fourth-order valence-corrected chi connectivity index (χ4v) is 5.14. The number of hydrogen-bond acceptors (Lipinski definition) is 3. The molecule has 4 nitrogen and oxygen atoms in total. The van der Waals surface area contributed by atoms with Crippen molar-refractivity contribution in [3.05, 3.63) is 82.9 Å². The molecule has 1 aromatic heterocycles. The molecule has 4 atom stereocenters. The Bertz CT molecular complexity index is 1250. The number of ether oxygens (including phenoxy) is 1. The van der Waals surface area contributed by atoms with Crippen LogP contribution in [-0.4, -0.2) is 23.1 Å². The Kier molecular flexibility index (Phi) is 5.81. The maximum Gasteiger partial charge on any atom is 0.433 e. The number of nitrogens with one attached hydrogen (secondary N) is 1. The third kappa shape index (κ3) is 4.16. The van der Waals surface area contributed by atoms with E-state index in [1.807, 2.05) is 0 Å². The van der Waals surface area contributed by atoms with Crippen LogP contribution in [0.4, 0.5) is 23.2 Å². The van der Waals surface area contributed by atoms with Crippen LogP contribution in [0.5, 0.6) is 0 Å². The highest BCUT2D eigenvalue weighted by Gasteiger charge is 2.53. The van der Waals surface area contributed by atoms with E-state index in [1.165, 1.54) is 24.3 Å². The number of anilines is 1. The number of carbonyl (C=O) groups is 1. The lowest BCUT2D eigenvalue weighted by Gasteiger charge is -2.27. The van der Waals surface area contributed by atoms with Crippen LogP contribution in [0.3, 0.4) is 0 Å². The molecule has 9 heteroatoms. The highest BCUT2D eigenvalue weighted by molar-refractivity contribution is 6.33. The second-order valence-electron chi connectivity index (χ2n) is 8.45. The summed E-state index contributed by atoms with van der Waals surface area (Å²) >= 11 is 6.16. The average molecular weight is 491 g/mol. The van der Waals surface area contributed by atoms with Crippen molar-refractivity contribution in [3.8, 4) is 11.1 Å². The summed E-state index contributed by atoms with van der Waals surface area (Å²) in [5.74, 6) is -2.36. The molecule has 0 unspecified atom stereocenters. The molecule has 2 bridgehead atoms. The molecule has 2 aromatic carbocycles. The number of rotatable bonds is 4. The van der Waals surface area contributed by atoms with E-state index in [4.69, 9.17) is 16.3 Å². The van der Waals surface area contributed by atoms with E-state index in [2.05, 4.69) is 10.3 Å². The molecular formula is C25H19ClF4N2O2. The summed E-state index contributed by atoms with van der Waals surface area (Å²) in [7, 11) is 0. The first-order valence-corrected chi connectivity index (χ1v) is 11.1. The van der Waals surface area contributed by atoms with Crippen LogP contribution in [0, 0.1) is 11.7 Å². The van der Waals surface area contributed by atoms with Crippen molar-refractivity contribution in [3.63, 3.8) is 0 Å². The van der Waals surface area contributed by atoms with Gasteiger partial charge >= 0.3 is 6.18 Å². The average Bonchev–Trinajstić information content (AvgIpc) is 3.41. The maximum absolute atomic E-state index is 14.8. The molecule has 2 fully saturated rings. The Morgan fingerprint density at radius 1 is 1.00 bits per heavy atom. The van der Waals surface area contributed by atoms with Crippen LogP contribution < -0.4 is 5.32 Å². The van der Waals surface area contributed by atoms with Crippen LogP contribution in [-0.2, 0) is 15.7 Å². The minimum absolute atomic E-state index is 0.169. The Labute approximate surface area is 197 Å². The number of pyridine rings is 1. The van der Waals surface area contributed by atoms with Crippen LogP contribution in [0.2, 0.25) is 5.02 Å². The van der Waals surface area contributed by atoms with Gasteiger partial charge in [-0.05, 0) is 49.2 Å². The second kappa shape index (κ2) is 8.67. The fraction of sp³-hybridized carbons (Fsp3) is 0.280. The zero-order valence-electron chi connectivity index (χ0n) is 17.7. The van der Waals surface area contributed by atoms with Crippen molar-refractivity contribution in [2.45, 2.75) is 37.1 Å². The van der Waals surface area contributed by atoms with Gasteiger partial charge in [-0.1, -0.05) is 35.9 Å². The molecule has 3 heterocycles. The third-order valence-corrected chi connectivity index (χ3v) is 6.71. The van der Waals surface area contributed by atoms with Crippen LogP contribution >= 0.6 is 11.6 Å². The quantitative estimate of drug-likeness (QED) is 0.427. The summed E-state index contributed by atoms with van der Waals surface area (Å²) in [5, 5.41) is 3.10. The van der Waals surface area contributed by atoms with Crippen molar-refractivity contribution in [1.29, 1.82) is 0 Å². The highest BCUT2D eigenvalue weighted by Crippen LogP contribution is 2.49. The topological polar surface area (TPSA) is 51.2 Å². The zero-order chi connectivity index (χ0) is 24.0. The number of benzene rings is 2. The number of nitrogens with zero attached hydrogens (tertiary/aromatic N) is 1. The first-order chi connectivity index (χ1) is 16.2. The van der Waals surface area contributed by atoms with Gasteiger partial charge in [0.15, 0.2) is 0 Å². The number of fused-ring (bicyclic) bond motifs is 2. The largest absolute Gasteiger partial charge is 0.433 e. The van der Waals surface area contributed by atoms with Gasteiger partial charge in [-0.2, -0.15) is 13.2 Å². The van der Waals surface area contributed by atoms with Crippen molar-refractivity contribution in [1.82, 2.24) is 4.98 Å². The molecule has 2 saturated heterocycles. The van der Waals surface area contributed by atoms with Crippen LogP contribution in [0.15, 0.2) is 60.7 Å². The standard InChI is InChI=1S/C25H19ClF4N2O2/c26-16-5-2-1-4-14(16)15-9-8-13(12-17(15)27)31-24(33)23-20-11-10-19(34-20)22(23)18-6-3-7-21(32-18)25(28,29)30/h1-9,12,19-20,22-23H,10-11H2,(H,31,33)/t19-,20+,22+,23-/m1/s1. The molecule has 2 aliphatic rings. The minimum Gasteiger partial charge on any atom is -0.373 e. The first kappa shape index (κ1) is 22.8. The summed E-state index contributed by atoms with van der Waals surface area (Å²) in [6.07, 6.45) is -4.15. The second-order valence-corrected chi connectivity index (χ2v) is 8.86. The number of halogens is 5. The third-order valence-electron chi connectivity index (χ3n) is 6.38. The summed E-state index contributed by atoms with van der Waals surface area (Å²) in [6.45, 7) is 0. The van der Waals surface area contributed by atoms with Gasteiger partial charge < -0.3 is 10.1 Å². The predicted octanol–water partition coefficient (Wildman–Crippen LogP) is 6.46. The normalized spacial score (nSPS) is 23.8. The smallest absolute Gasteiger partial charge is 0.373 e. The molecule has 5 rings (SSSR count). The maximum atomic E-state index is 14.8. The van der Waals surface area contributed by atoms with Crippen LogP contribution in [0.25, 0.3) is 11.1 Å². The molecule has 0 saturated carbocycles. The van der Waals surface area contributed by atoms with Gasteiger partial charge in [-0.3, -0.25) is 4.79 Å². The van der Waals surface area contributed by atoms with E-state index in [9.17, 15) is 22.4 Å². The lowest BCUT2D eigenvalue weighted by atomic mass is 9.76. The molecule has 0 spiro atoms. The molecular weight excluding hydrogens is 472 g/mol. The Hall–Kier alpha value is -2.97. The number of amides is 1. The molecule has 1 amide bonds. The number of alkyl halides is 3. The molecule has 34 heavy (non-hydrogen) atoms. The van der Waals surface area contributed by atoms with E-state index in [0.717, 1.165) is 6.07 Å². The van der Waals surface area contributed by atoms with E-state index in [1.54, 1.807) is 30.3 Å². The Balaban J connectivity index is 1.40. The number of aromatic nitrogens is 1. The van der Waals surface area contributed by atoms with Gasteiger partial charge in [0.25, 0.3) is 0 Å². The summed E-state index contributed by atoms with van der Waals surface area (Å²) in [5.41, 5.74) is 0.207. The summed E-state index contributed by atoms with van der Waals surface area (Å²) < 4.78 is 60.3. The molecule has 3 aromatic rings. The fourth-order valence-electron chi connectivity index (χ4n) is 4.90. The molecule has 2 aliphatic heterocycles. The monoisotopic (exact) mass is 490 g/mol. The summed E-state index contributed by atoms with van der Waals surface area (Å²) in [6, 6.07) is 14.8. The SMILES string of the molecule is O=C(Nc1ccc(-c2ccccc2Cl)c(F)c1)[C@H]1[C@@H](c2cccc(C(F)(F)F)n2)[C@H]2CC[C@@H]1O2. The van der Waals surface area contributed by atoms with Gasteiger partial charge in [0.2, 0.25) is 5.91 Å². The van der Waals surface area contributed by atoms with Gasteiger partial charge in [-0.15, -0.1) is 0 Å². The van der Waals surface area contributed by atoms with Crippen molar-refractivity contribution in [2.75, 3.05) is 5.32 Å². The van der Waals surface area contributed by atoms with Gasteiger partial charge in [0, 0.05) is 33.4 Å². The highest BCUT2D eigenvalue weighted by atomic mass is 35.5. The number of carbonyl (C=O) groups excluding carboxylic acids is 1. The molecule has 0 aliphatic carbocycles. The minimum atomic E-state index is -4.59. The van der Waals surface area contributed by atoms with Gasteiger partial charge in [0.05, 0.1) is 18.1 Å². The lowest BCUT2D eigenvalue weighted by Crippen LogP contribution is -2.36.